The highest BCUT2D eigenvalue weighted by Crippen LogP contribution is 2.30. The number of ether oxygens (including phenoxy) is 2. The minimum Gasteiger partial charge on any atom is -0.396 e. The molecule has 2 fully saturated rings. The van der Waals surface area contributed by atoms with E-state index in [0.717, 1.165) is 32.8 Å². The first-order chi connectivity index (χ1) is 7.10. The van der Waals surface area contributed by atoms with Crippen LogP contribution in [0.4, 0.5) is 0 Å². The van der Waals surface area contributed by atoms with Crippen LogP contribution in [0.5, 0.6) is 0 Å². The number of aliphatic hydroxyl groups excluding tert-OH is 1. The van der Waals surface area contributed by atoms with Crippen molar-refractivity contribution in [1.82, 2.24) is 0 Å². The molecular weight excluding hydrogens is 192 g/mol. The molecule has 1 N–H and O–H groups in total. The van der Waals surface area contributed by atoms with Crippen LogP contribution < -0.4 is 0 Å². The van der Waals surface area contributed by atoms with E-state index < -0.39 is 0 Å². The highest BCUT2D eigenvalue weighted by molar-refractivity contribution is 4.82. The molecule has 0 atom stereocenters. The van der Waals surface area contributed by atoms with E-state index in [4.69, 9.17) is 14.6 Å². The number of aliphatic hydroxyl groups is 1. The fraction of sp³-hybridized carbons (Fsp3) is 1.00. The first-order valence-electron chi connectivity index (χ1n) is 5.86. The van der Waals surface area contributed by atoms with Crippen LogP contribution in [0.3, 0.4) is 0 Å². The molecular formula is C12H24O3. The maximum absolute atomic E-state index is 8.76. The Balaban J connectivity index is 0.000000151. The summed E-state index contributed by atoms with van der Waals surface area (Å²) in [5.41, 5.74) is 0.681. The van der Waals surface area contributed by atoms with E-state index in [1.165, 1.54) is 6.42 Å². The summed E-state index contributed by atoms with van der Waals surface area (Å²) in [6, 6.07) is 0. The zero-order valence-corrected chi connectivity index (χ0v) is 10.2. The molecule has 0 saturated carbocycles. The van der Waals surface area contributed by atoms with Gasteiger partial charge in [0.25, 0.3) is 0 Å². The maximum Gasteiger partial charge on any atom is 0.0566 e. The van der Waals surface area contributed by atoms with Gasteiger partial charge in [-0.2, -0.15) is 0 Å². The predicted octanol–water partition coefficient (Wildman–Crippen LogP) is 1.84. The fourth-order valence-corrected chi connectivity index (χ4v) is 1.45. The van der Waals surface area contributed by atoms with Gasteiger partial charge in [0.05, 0.1) is 33.0 Å². The van der Waals surface area contributed by atoms with Gasteiger partial charge in [-0.05, 0) is 12.8 Å². The molecule has 0 amide bonds. The van der Waals surface area contributed by atoms with E-state index in [2.05, 4.69) is 20.8 Å². The average Bonchev–Trinajstić information content (AvgIpc) is 2.15. The molecule has 2 aliphatic rings. The van der Waals surface area contributed by atoms with Crippen molar-refractivity contribution in [3.05, 3.63) is 0 Å². The van der Waals surface area contributed by atoms with Crippen molar-refractivity contribution in [2.24, 2.45) is 10.8 Å². The lowest BCUT2D eigenvalue weighted by Crippen LogP contribution is -2.44. The highest BCUT2D eigenvalue weighted by atomic mass is 16.5. The molecule has 2 heterocycles. The first-order valence-corrected chi connectivity index (χ1v) is 5.86. The summed E-state index contributed by atoms with van der Waals surface area (Å²) in [4.78, 5) is 0. The number of rotatable bonds is 3. The number of hydrogen-bond donors (Lipinski definition) is 1. The molecule has 0 aromatic heterocycles. The molecule has 90 valence electrons. The van der Waals surface area contributed by atoms with Crippen LogP contribution in [0.2, 0.25) is 0 Å². The summed E-state index contributed by atoms with van der Waals surface area (Å²) in [7, 11) is 0. The Hall–Kier alpha value is -0.120. The van der Waals surface area contributed by atoms with Gasteiger partial charge < -0.3 is 14.6 Å². The third-order valence-corrected chi connectivity index (χ3v) is 3.66. The third-order valence-electron chi connectivity index (χ3n) is 3.66. The van der Waals surface area contributed by atoms with Crippen LogP contribution in [0.25, 0.3) is 0 Å². The van der Waals surface area contributed by atoms with E-state index in [1.54, 1.807) is 0 Å². The molecule has 0 aromatic carbocycles. The summed E-state index contributed by atoms with van der Waals surface area (Å²) < 4.78 is 9.99. The topological polar surface area (TPSA) is 38.7 Å². The Morgan fingerprint density at radius 3 is 1.53 bits per heavy atom. The molecule has 0 aromatic rings. The van der Waals surface area contributed by atoms with Crippen LogP contribution in [0.1, 0.15) is 33.6 Å². The van der Waals surface area contributed by atoms with E-state index in [9.17, 15) is 0 Å². The molecule has 0 bridgehead atoms. The molecule has 2 saturated heterocycles. The monoisotopic (exact) mass is 216 g/mol. The fourth-order valence-electron chi connectivity index (χ4n) is 1.45. The molecule has 0 spiro atoms. The van der Waals surface area contributed by atoms with Crippen LogP contribution in [-0.2, 0) is 9.47 Å². The van der Waals surface area contributed by atoms with Crippen molar-refractivity contribution in [1.29, 1.82) is 0 Å². The van der Waals surface area contributed by atoms with Gasteiger partial charge in [-0.15, -0.1) is 0 Å². The molecule has 0 aliphatic carbocycles. The Labute approximate surface area is 92.8 Å². The second-order valence-electron chi connectivity index (χ2n) is 5.16. The van der Waals surface area contributed by atoms with Crippen LogP contribution in [-0.4, -0.2) is 38.1 Å². The largest absolute Gasteiger partial charge is 0.396 e. The highest BCUT2D eigenvalue weighted by Gasteiger charge is 2.35. The minimum absolute atomic E-state index is 0.139. The third kappa shape index (κ3) is 3.16. The van der Waals surface area contributed by atoms with Gasteiger partial charge in [0.2, 0.25) is 0 Å². The average molecular weight is 216 g/mol. The predicted molar refractivity (Wildman–Crippen MR) is 59.8 cm³/mol. The molecule has 3 nitrogen and oxygen atoms in total. The summed E-state index contributed by atoms with van der Waals surface area (Å²) in [6.45, 7) is 10.3. The Kier molecular flexibility index (Phi) is 4.56. The lowest BCUT2D eigenvalue weighted by molar-refractivity contribution is -0.138. The normalized spacial score (nSPS) is 25.6. The van der Waals surface area contributed by atoms with Crippen molar-refractivity contribution in [2.75, 3.05) is 33.0 Å². The summed E-state index contributed by atoms with van der Waals surface area (Å²) in [6.07, 6.45) is 2.29. The zero-order chi connectivity index (χ0) is 11.4. The maximum atomic E-state index is 8.76. The molecule has 2 aliphatic heterocycles. The molecule has 0 radical (unpaired) electrons. The first kappa shape index (κ1) is 12.9. The standard InChI is InChI=1S/C6H12O2.C6H12O/c1-2-6(3-7)4-8-5-6;1-3-6(2)4-7-5-6/h7H,2-5H2,1H3;3-5H2,1-2H3. The van der Waals surface area contributed by atoms with Gasteiger partial charge in [0.1, 0.15) is 0 Å². The van der Waals surface area contributed by atoms with Crippen molar-refractivity contribution < 1.29 is 14.6 Å². The van der Waals surface area contributed by atoms with Crippen molar-refractivity contribution in [3.8, 4) is 0 Å². The van der Waals surface area contributed by atoms with Gasteiger partial charge >= 0.3 is 0 Å². The summed E-state index contributed by atoms with van der Waals surface area (Å²) >= 11 is 0. The molecule has 2 rings (SSSR count). The van der Waals surface area contributed by atoms with Gasteiger partial charge in [-0.1, -0.05) is 20.8 Å². The zero-order valence-electron chi connectivity index (χ0n) is 10.2. The van der Waals surface area contributed by atoms with Crippen LogP contribution >= 0.6 is 0 Å². The van der Waals surface area contributed by atoms with Gasteiger partial charge in [-0.3, -0.25) is 0 Å². The minimum atomic E-state index is 0.139. The number of hydrogen-bond acceptors (Lipinski definition) is 3. The summed E-state index contributed by atoms with van der Waals surface area (Å²) in [5, 5.41) is 8.76. The van der Waals surface area contributed by atoms with Crippen molar-refractivity contribution in [3.63, 3.8) is 0 Å². The van der Waals surface area contributed by atoms with Crippen LogP contribution in [0.15, 0.2) is 0 Å². The van der Waals surface area contributed by atoms with E-state index >= 15 is 0 Å². The van der Waals surface area contributed by atoms with E-state index in [1.807, 2.05) is 0 Å². The van der Waals surface area contributed by atoms with Crippen molar-refractivity contribution >= 4 is 0 Å². The Morgan fingerprint density at radius 2 is 1.53 bits per heavy atom. The lowest BCUT2D eigenvalue weighted by atomic mass is 9.84. The second kappa shape index (κ2) is 5.28. The SMILES string of the molecule is CCC1(C)COC1.CCC1(CO)COC1. The van der Waals surface area contributed by atoms with E-state index in [0.29, 0.717) is 5.41 Å². The Bertz CT molecular complexity index is 164. The summed E-state index contributed by atoms with van der Waals surface area (Å²) in [5.74, 6) is 0. The smallest absolute Gasteiger partial charge is 0.0566 e. The van der Waals surface area contributed by atoms with Gasteiger partial charge in [0.15, 0.2) is 0 Å². The van der Waals surface area contributed by atoms with Crippen molar-refractivity contribution in [2.45, 2.75) is 33.6 Å². The molecule has 15 heavy (non-hydrogen) atoms. The molecule has 3 heteroatoms. The van der Waals surface area contributed by atoms with Gasteiger partial charge in [-0.25, -0.2) is 0 Å². The van der Waals surface area contributed by atoms with Gasteiger partial charge in [0, 0.05) is 10.8 Å². The molecule has 0 unspecified atom stereocenters. The second-order valence-corrected chi connectivity index (χ2v) is 5.16. The Morgan fingerprint density at radius 1 is 1.00 bits per heavy atom. The van der Waals surface area contributed by atoms with Crippen LogP contribution in [0, 0.1) is 10.8 Å². The van der Waals surface area contributed by atoms with E-state index in [-0.39, 0.29) is 12.0 Å². The quantitative estimate of drug-likeness (QED) is 0.782. The lowest BCUT2D eigenvalue weighted by Gasteiger charge is -2.38.